The molecule has 13 heteroatoms. The van der Waals surface area contributed by atoms with Crippen molar-refractivity contribution in [1.82, 2.24) is 19.9 Å². The van der Waals surface area contributed by atoms with E-state index in [9.17, 15) is 14.0 Å². The molecule has 35 heavy (non-hydrogen) atoms. The number of nitrogens with one attached hydrogen (secondary N) is 1. The molecule has 1 saturated heterocycles. The van der Waals surface area contributed by atoms with Crippen molar-refractivity contribution in [2.24, 2.45) is 0 Å². The number of likely N-dealkylation sites (tertiary alicyclic amines) is 1. The molecule has 1 atom stereocenters. The molecule has 3 N–H and O–H groups in total. The van der Waals surface area contributed by atoms with Gasteiger partial charge in [-0.2, -0.15) is 5.26 Å². The zero-order chi connectivity index (χ0) is 32.5. The van der Waals surface area contributed by atoms with Crippen LogP contribution in [0.2, 0.25) is 5.88 Å². The summed E-state index contributed by atoms with van der Waals surface area (Å²) in [4.78, 5) is 31.6. The molecule has 1 aromatic carbocycles. The third kappa shape index (κ3) is 7.68. The van der Waals surface area contributed by atoms with Crippen LogP contribution < -0.4 is 5.31 Å². The van der Waals surface area contributed by atoms with E-state index in [0.717, 1.165) is 35.9 Å². The number of benzene rings is 1. The van der Waals surface area contributed by atoms with Crippen LogP contribution in [0, 0.1) is 17.1 Å². The first-order chi connectivity index (χ1) is 19.8. The number of nitrogens with zero attached hydrogens (tertiary/aromatic N) is 5. The number of aromatic nitrogens is 3. The van der Waals surface area contributed by atoms with Gasteiger partial charge in [0.15, 0.2) is 11.5 Å². The lowest BCUT2D eigenvalue weighted by molar-refractivity contribution is -0.134. The van der Waals surface area contributed by atoms with Crippen molar-refractivity contribution in [3.05, 3.63) is 58.1 Å². The maximum Gasteiger partial charge on any atom is 0.328 e. The molecule has 182 valence electrons. The molecule has 1 aliphatic rings. The van der Waals surface area contributed by atoms with E-state index in [1.54, 1.807) is 6.07 Å². The lowest BCUT2D eigenvalue weighted by Crippen LogP contribution is -2.38. The van der Waals surface area contributed by atoms with E-state index in [1.165, 1.54) is 0 Å². The number of halogens is 2. The number of hydrogen-bond donors (Lipinski definition) is 3. The summed E-state index contributed by atoms with van der Waals surface area (Å²) in [5, 5.41) is 25.2. The van der Waals surface area contributed by atoms with Gasteiger partial charge in [0.1, 0.15) is 28.7 Å². The lowest BCUT2D eigenvalue weighted by Gasteiger charge is -2.32. The largest absolute Gasteiger partial charge is 0.478 e. The first kappa shape index (κ1) is 16.9. The topological polar surface area (TPSA) is 152 Å². The fourth-order valence-electron chi connectivity index (χ4n) is 2.54. The summed E-state index contributed by atoms with van der Waals surface area (Å²) < 4.78 is 82.9. The molecular formula is C22H20ClFN6O4S. The molecule has 10 nitrogen and oxygen atoms in total. The fraction of sp³-hybridized carbons (Fsp3) is 0.273. The second kappa shape index (κ2) is 12.2. The SMILES string of the molecule is O=C(O)/C=C\C(=O)O.[2H]N(c1ncnc2nc(Cl)sc12)C1([2H])CCN(C([2H])([2H])c2ccc(F)c(C#N)c2)C([2H])([2H])C1([2H])[2H]. The van der Waals surface area contributed by atoms with Crippen LogP contribution in [0.5, 0.6) is 0 Å². The minimum atomic E-state index is -3.16. The number of hydrogen-bond acceptors (Lipinski definition) is 9. The highest BCUT2D eigenvalue weighted by molar-refractivity contribution is 7.22. The van der Waals surface area contributed by atoms with Crippen molar-refractivity contribution in [1.29, 1.82) is 5.26 Å². The second-order valence-corrected chi connectivity index (χ2v) is 8.02. The molecule has 0 radical (unpaired) electrons. The van der Waals surface area contributed by atoms with Crippen LogP contribution in [0.15, 0.2) is 36.7 Å². The molecule has 1 unspecified atom stereocenters. The van der Waals surface area contributed by atoms with Crippen LogP contribution >= 0.6 is 22.9 Å². The van der Waals surface area contributed by atoms with E-state index in [-0.39, 0.29) is 26.2 Å². The molecule has 3 aromatic rings. The normalized spacial score (nSPS) is 24.6. The lowest BCUT2D eigenvalue weighted by atomic mass is 10.0. The maximum absolute atomic E-state index is 13.8. The minimum absolute atomic E-state index is 0.0894. The van der Waals surface area contributed by atoms with Gasteiger partial charge in [-0.05, 0) is 30.5 Å². The molecule has 0 amide bonds. The molecule has 0 bridgehead atoms. The number of carbonyl (C=O) groups is 2. The molecular weight excluding hydrogens is 499 g/mol. The number of anilines is 1. The predicted molar refractivity (Wildman–Crippen MR) is 128 cm³/mol. The van der Waals surface area contributed by atoms with E-state index < -0.39 is 61.7 Å². The fourth-order valence-corrected chi connectivity index (χ4v) is 3.53. The first-order valence-electron chi connectivity index (χ1n) is 13.4. The molecule has 2 aromatic heterocycles. The number of fused-ring (bicyclic) bond motifs is 1. The van der Waals surface area contributed by atoms with Crippen molar-refractivity contribution in [3.8, 4) is 6.07 Å². The Kier molecular flexibility index (Phi) is 5.87. The van der Waals surface area contributed by atoms with Crippen LogP contribution in [-0.2, 0) is 16.1 Å². The zero-order valence-electron chi connectivity index (χ0n) is 25.4. The first-order valence-corrected chi connectivity index (χ1v) is 10.7. The second-order valence-electron chi connectivity index (χ2n) is 6.44. The van der Waals surface area contributed by atoms with Crippen LogP contribution in [0.4, 0.5) is 10.2 Å². The molecule has 0 aliphatic carbocycles. The van der Waals surface area contributed by atoms with Gasteiger partial charge in [-0.3, -0.25) is 4.90 Å². The molecule has 4 rings (SSSR count). The van der Waals surface area contributed by atoms with E-state index in [0.29, 0.717) is 22.4 Å². The number of aliphatic carboxylic acids is 2. The summed E-state index contributed by atoms with van der Waals surface area (Å²) in [7, 11) is 0. The van der Waals surface area contributed by atoms with Crippen molar-refractivity contribution in [2.45, 2.75) is 25.3 Å². The Balaban J connectivity index is 0.000000557. The highest BCUT2D eigenvalue weighted by Gasteiger charge is 2.21. The quantitative estimate of drug-likeness (QED) is 0.406. The van der Waals surface area contributed by atoms with Crippen molar-refractivity contribution >= 4 is 51.0 Å². The highest BCUT2D eigenvalue weighted by Crippen LogP contribution is 2.30. The Hall–Kier alpha value is -3.66. The van der Waals surface area contributed by atoms with Gasteiger partial charge in [-0.15, -0.1) is 0 Å². The average Bonchev–Trinajstić information content (AvgIpc) is 3.31. The minimum Gasteiger partial charge on any atom is -0.478 e. The summed E-state index contributed by atoms with van der Waals surface area (Å²) in [6.07, 6.45) is -1.48. The third-order valence-electron chi connectivity index (χ3n) is 4.01. The van der Waals surface area contributed by atoms with Gasteiger partial charge in [-0.1, -0.05) is 29.0 Å². The Morgan fingerprint density at radius 2 is 2.20 bits per heavy atom. The van der Waals surface area contributed by atoms with Gasteiger partial charge < -0.3 is 15.5 Å². The number of rotatable bonds is 6. The van der Waals surface area contributed by atoms with E-state index in [4.69, 9.17) is 38.1 Å². The summed E-state index contributed by atoms with van der Waals surface area (Å²) in [6.45, 7) is -6.30. The van der Waals surface area contributed by atoms with Crippen molar-refractivity contribution < 1.29 is 35.2 Å². The van der Waals surface area contributed by atoms with Crippen molar-refractivity contribution in [3.63, 3.8) is 0 Å². The molecule has 1 aliphatic heterocycles. The van der Waals surface area contributed by atoms with Gasteiger partial charge in [0, 0.05) is 45.9 Å². The van der Waals surface area contributed by atoms with E-state index in [1.807, 2.05) is 0 Å². The van der Waals surface area contributed by atoms with Gasteiger partial charge in [-0.25, -0.2) is 28.9 Å². The summed E-state index contributed by atoms with van der Waals surface area (Å²) in [6, 6.07) is 1.90. The predicted octanol–water partition coefficient (Wildman–Crippen LogP) is 3.54. The summed E-state index contributed by atoms with van der Waals surface area (Å²) in [5.41, 5.74) is -0.574. The Bertz CT molecular complexity index is 1620. The number of carboxylic acid groups (broad SMARTS) is 2. The van der Waals surface area contributed by atoms with E-state index >= 15 is 0 Å². The number of nitriles is 1. The Morgan fingerprint density at radius 3 is 2.89 bits per heavy atom. The average molecular weight is 527 g/mol. The van der Waals surface area contributed by atoms with Crippen LogP contribution in [-0.4, -0.2) is 61.1 Å². The van der Waals surface area contributed by atoms with Crippen LogP contribution in [0.1, 0.15) is 33.5 Å². The Morgan fingerprint density at radius 1 is 1.46 bits per heavy atom. The van der Waals surface area contributed by atoms with Crippen LogP contribution in [0.3, 0.4) is 0 Å². The number of piperidine rings is 1. The Labute approximate surface area is 219 Å². The molecule has 0 saturated carbocycles. The van der Waals surface area contributed by atoms with Crippen molar-refractivity contribution in [2.75, 3.05) is 18.4 Å². The monoisotopic (exact) mass is 526 g/mol. The number of carboxylic acids is 2. The standard InChI is InChI=1S/C18H16ClFN6S.C4H4O4/c19-18-25-17-15(27-18)16(22-10-23-17)24-13-3-5-26(6-4-13)9-11-1-2-14(20)12(7-11)8-21;5-3(6)1-2-4(7)8/h1-2,7,10,13H,3-6,9H2,(H,22,23,24);1-2H,(H,5,6)(H,7,8)/b;2-1-/i3D2,5D2,9D2,13D;/hD. The van der Waals surface area contributed by atoms with Gasteiger partial charge >= 0.3 is 11.9 Å². The zero-order valence-corrected chi connectivity index (χ0v) is 19.0. The van der Waals surface area contributed by atoms with Gasteiger partial charge in [0.05, 0.1) is 6.93 Å². The van der Waals surface area contributed by atoms with Gasteiger partial charge in [0.2, 0.25) is 0 Å². The highest BCUT2D eigenvalue weighted by atomic mass is 35.5. The molecule has 1 fully saturated rings. The van der Waals surface area contributed by atoms with Gasteiger partial charge in [0.25, 0.3) is 0 Å². The summed E-state index contributed by atoms with van der Waals surface area (Å²) >= 11 is 6.84. The van der Waals surface area contributed by atoms with Crippen LogP contribution in [0.25, 0.3) is 10.3 Å². The number of thiazole rings is 1. The van der Waals surface area contributed by atoms with E-state index in [2.05, 4.69) is 15.0 Å². The smallest absolute Gasteiger partial charge is 0.328 e. The third-order valence-corrected chi connectivity index (χ3v) is 5.16. The molecule has 0 spiro atoms. The molecule has 3 heterocycles. The summed E-state index contributed by atoms with van der Waals surface area (Å²) in [5.74, 6) is -3.58. The maximum atomic E-state index is 13.8.